The molecule has 0 amide bonds. The maximum Gasteiger partial charge on any atom is 0.342 e. The van der Waals surface area contributed by atoms with E-state index in [0.717, 1.165) is 11.8 Å². The molecule has 4 saturated carbocycles. The Hall–Kier alpha value is -0.380. The number of epoxide rings is 2. The topological polar surface area (TPSA) is 135 Å². The summed E-state index contributed by atoms with van der Waals surface area (Å²) in [6.07, 6.45) is -0.916. The fraction of sp³-hybridized carbons (Fsp3) is 0.938. The lowest BCUT2D eigenvalue weighted by Crippen LogP contribution is -2.67. The van der Waals surface area contributed by atoms with E-state index in [9.17, 15) is 14.7 Å². The van der Waals surface area contributed by atoms with Gasteiger partial charge in [-0.2, -0.15) is 0 Å². The van der Waals surface area contributed by atoms with Gasteiger partial charge in [0.2, 0.25) is 11.2 Å². The summed E-state index contributed by atoms with van der Waals surface area (Å²) in [4.78, 5) is 25.2. The predicted molar refractivity (Wildman–Crippen MR) is 156 cm³/mol. The Balaban J connectivity index is 0.000000112. The molecule has 45 heavy (non-hydrogen) atoms. The quantitative estimate of drug-likeness (QED) is 0.252. The van der Waals surface area contributed by atoms with Crippen molar-refractivity contribution in [3.63, 3.8) is 0 Å². The van der Waals surface area contributed by atoms with Crippen molar-refractivity contribution in [3.05, 3.63) is 0 Å². The molecule has 8 heterocycles. The number of aliphatic hydroxyl groups excluding tert-OH is 1. The fourth-order valence-electron chi connectivity index (χ4n) is 14.6. The van der Waals surface area contributed by atoms with E-state index in [0.29, 0.717) is 18.4 Å². The minimum Gasteiger partial charge on any atom is -0.457 e. The van der Waals surface area contributed by atoms with Gasteiger partial charge in [0.25, 0.3) is 0 Å². The van der Waals surface area contributed by atoms with E-state index in [-0.39, 0.29) is 65.3 Å². The summed E-state index contributed by atoms with van der Waals surface area (Å²) in [5.41, 5.74) is -5.31. The van der Waals surface area contributed by atoms with Crippen LogP contribution >= 0.6 is 31.9 Å². The molecule has 4 aliphatic carbocycles. The lowest BCUT2D eigenvalue weighted by atomic mass is 9.48. The average Bonchev–Trinajstić information content (AvgIpc) is 3.64. The second kappa shape index (κ2) is 7.10. The van der Waals surface area contributed by atoms with E-state index < -0.39 is 56.6 Å². The third kappa shape index (κ3) is 2.15. The molecule has 11 nitrogen and oxygen atoms in total. The van der Waals surface area contributed by atoms with Gasteiger partial charge < -0.3 is 43.0 Å². The molecule has 13 heteroatoms. The second-order valence-electron chi connectivity index (χ2n) is 17.3. The smallest absolute Gasteiger partial charge is 0.342 e. The van der Waals surface area contributed by atoms with E-state index >= 15 is 0 Å². The maximum atomic E-state index is 12.6. The van der Waals surface area contributed by atoms with Crippen LogP contribution in [0.4, 0.5) is 0 Å². The van der Waals surface area contributed by atoms with E-state index in [1.165, 1.54) is 0 Å². The molecule has 19 atom stereocenters. The summed E-state index contributed by atoms with van der Waals surface area (Å²) in [5.74, 6) is -0.284. The maximum absolute atomic E-state index is 12.6. The van der Waals surface area contributed by atoms with Gasteiger partial charge in [0.05, 0.1) is 45.3 Å². The number of esters is 2. The predicted octanol–water partition coefficient (Wildman–Crippen LogP) is 2.15. The first kappa shape index (κ1) is 28.5. The Kier molecular flexibility index (Phi) is 4.49. The van der Waals surface area contributed by atoms with E-state index in [2.05, 4.69) is 66.5 Å². The number of rotatable bonds is 2. The number of hydrogen-bond donors (Lipinski definition) is 1. The molecular weight excluding hydrogens is 720 g/mol. The van der Waals surface area contributed by atoms with Crippen LogP contribution in [0, 0.1) is 33.5 Å². The Labute approximate surface area is 277 Å². The number of fused-ring (bicyclic) bond motifs is 2. The van der Waals surface area contributed by atoms with Crippen LogP contribution < -0.4 is 0 Å². The minimum absolute atomic E-state index is 0.0390. The highest BCUT2D eigenvalue weighted by atomic mass is 79.9. The molecule has 246 valence electrons. The highest BCUT2D eigenvalue weighted by Crippen LogP contribution is 2.86. The normalized spacial score (nSPS) is 72.6. The number of carbonyl (C=O) groups excluding carboxylic acids is 2. The fourth-order valence-corrected chi connectivity index (χ4v) is 15.5. The standard InChI is InChI=1S/C16H19BrO6.C16H19BrO5/c1-12(5-17)8-7-9-14(3)15(23-12,13(8,2)10(18)20-7)4-6-16(14,22-6)11(19)21-9;1-12-6-19-8-9(12)13(2,5-17)22-15(12)4-7-16(21-7)11(18)20-10(8)14(15,16)3/h6-10,18H,4-5H2,1-3H3;7-10H,4-6H2,1-3H3/t6-,7?,8?,9?,10-,12-,13?,14?,15?,16+;7-,8?,9?,10?,12?,13-,14?,15?,16+/m11/s1. The van der Waals surface area contributed by atoms with Crippen LogP contribution in [0.3, 0.4) is 0 Å². The zero-order chi connectivity index (χ0) is 31.5. The summed E-state index contributed by atoms with van der Waals surface area (Å²) in [7, 11) is 0. The second-order valence-corrected chi connectivity index (χ2v) is 18.4. The monoisotopic (exact) mass is 756 g/mol. The zero-order valence-corrected chi connectivity index (χ0v) is 29.2. The summed E-state index contributed by atoms with van der Waals surface area (Å²) >= 11 is 7.25. The first-order valence-electron chi connectivity index (χ1n) is 16.3. The van der Waals surface area contributed by atoms with Crippen LogP contribution in [0.2, 0.25) is 0 Å². The SMILES string of the molecule is CC12C3C(O[C@H]1O)C1OC(=O)[C@@]45O[C@@H]4CC2(O[C@]3(C)CBr)C15C.CC12COC3C4OC(=O)[C@@]56O[C@@H]5CC1(O[C@](C)(CBr)C32)C46C. The molecule has 8 bridgehead atoms. The van der Waals surface area contributed by atoms with Crippen molar-refractivity contribution in [3.8, 4) is 0 Å². The molecule has 12 aliphatic rings. The Morgan fingerprint density at radius 2 is 1.27 bits per heavy atom. The van der Waals surface area contributed by atoms with Gasteiger partial charge in [-0.3, -0.25) is 0 Å². The third-order valence-corrected chi connectivity index (χ3v) is 18.5. The largest absolute Gasteiger partial charge is 0.457 e. The molecule has 0 radical (unpaired) electrons. The van der Waals surface area contributed by atoms with Crippen molar-refractivity contribution in [2.45, 2.75) is 131 Å². The van der Waals surface area contributed by atoms with Crippen LogP contribution in [-0.2, 0) is 47.5 Å². The van der Waals surface area contributed by atoms with Crippen molar-refractivity contribution in [1.29, 1.82) is 0 Å². The first-order valence-corrected chi connectivity index (χ1v) is 18.5. The van der Waals surface area contributed by atoms with E-state index in [1.807, 2.05) is 6.92 Å². The van der Waals surface area contributed by atoms with Crippen molar-refractivity contribution in [2.24, 2.45) is 33.5 Å². The molecular formula is C32H38Br2O11. The molecule has 0 aromatic heterocycles. The van der Waals surface area contributed by atoms with Crippen molar-refractivity contribution in [2.75, 3.05) is 17.3 Å². The summed E-state index contributed by atoms with van der Waals surface area (Å²) < 4.78 is 49.2. The van der Waals surface area contributed by atoms with Crippen LogP contribution in [0.1, 0.15) is 54.4 Å². The number of ether oxygens (including phenoxy) is 8. The van der Waals surface area contributed by atoms with Crippen LogP contribution in [0.5, 0.6) is 0 Å². The van der Waals surface area contributed by atoms with E-state index in [1.54, 1.807) is 0 Å². The zero-order valence-electron chi connectivity index (χ0n) is 26.0. The number of hydrogen-bond acceptors (Lipinski definition) is 11. The lowest BCUT2D eigenvalue weighted by Gasteiger charge is -2.54. The van der Waals surface area contributed by atoms with Crippen LogP contribution in [0.25, 0.3) is 0 Å². The summed E-state index contributed by atoms with van der Waals surface area (Å²) in [6.45, 7) is 13.4. The van der Waals surface area contributed by atoms with Gasteiger partial charge in [-0.1, -0.05) is 45.7 Å². The van der Waals surface area contributed by atoms with Crippen LogP contribution in [0.15, 0.2) is 0 Å². The molecule has 0 aromatic rings. The lowest BCUT2D eigenvalue weighted by molar-refractivity contribution is -0.230. The molecule has 8 saturated heterocycles. The Morgan fingerprint density at radius 3 is 1.87 bits per heavy atom. The molecule has 12 unspecified atom stereocenters. The van der Waals surface area contributed by atoms with Crippen molar-refractivity contribution < 1.29 is 52.6 Å². The highest BCUT2D eigenvalue weighted by Gasteiger charge is 3.01. The molecule has 8 aliphatic heterocycles. The molecule has 1 N–H and O–H groups in total. The molecule has 12 fully saturated rings. The van der Waals surface area contributed by atoms with Gasteiger partial charge in [-0.25, -0.2) is 9.59 Å². The first-order chi connectivity index (χ1) is 21.0. The third-order valence-electron chi connectivity index (χ3n) is 16.2. The van der Waals surface area contributed by atoms with Gasteiger partial charge in [0, 0.05) is 40.8 Å². The molecule has 12 rings (SSSR count). The number of halogens is 2. The summed E-state index contributed by atoms with van der Waals surface area (Å²) in [6, 6.07) is 0. The Bertz CT molecular complexity index is 1560. The van der Waals surface area contributed by atoms with Gasteiger partial charge in [-0.15, -0.1) is 0 Å². The number of carbonyl (C=O) groups is 2. The van der Waals surface area contributed by atoms with Crippen molar-refractivity contribution in [1.82, 2.24) is 0 Å². The molecule has 4 spiro atoms. The number of alkyl halides is 2. The van der Waals surface area contributed by atoms with Crippen molar-refractivity contribution >= 4 is 43.8 Å². The van der Waals surface area contributed by atoms with Gasteiger partial charge in [0.1, 0.15) is 36.6 Å². The van der Waals surface area contributed by atoms with Gasteiger partial charge >= 0.3 is 11.9 Å². The highest BCUT2D eigenvalue weighted by molar-refractivity contribution is 9.09. The van der Waals surface area contributed by atoms with E-state index in [4.69, 9.17) is 37.9 Å². The minimum atomic E-state index is -0.922. The Morgan fingerprint density at radius 1 is 0.756 bits per heavy atom. The van der Waals surface area contributed by atoms with Gasteiger partial charge in [-0.05, 0) is 27.7 Å². The number of aliphatic hydroxyl groups is 1. The van der Waals surface area contributed by atoms with Gasteiger partial charge in [0.15, 0.2) is 6.29 Å². The summed E-state index contributed by atoms with van der Waals surface area (Å²) in [5, 5.41) is 12.2. The average molecular weight is 758 g/mol. The van der Waals surface area contributed by atoms with Crippen LogP contribution in [-0.4, -0.2) is 111 Å². The molecule has 0 aromatic carbocycles.